The quantitative estimate of drug-likeness (QED) is 0.711. The first-order valence-electron chi connectivity index (χ1n) is 4.75. The third kappa shape index (κ3) is 1.44. The summed E-state index contributed by atoms with van der Waals surface area (Å²) in [7, 11) is 0. The molecule has 2 nitrogen and oxygen atoms in total. The van der Waals surface area contributed by atoms with Gasteiger partial charge in [-0.2, -0.15) is 0 Å². The van der Waals surface area contributed by atoms with Gasteiger partial charge in [0.25, 0.3) is 0 Å². The minimum Gasteiger partial charge on any atom is -0.361 e. The van der Waals surface area contributed by atoms with Crippen molar-refractivity contribution in [3.8, 4) is 0 Å². The number of hydrogen-bond donors (Lipinski definition) is 2. The molecule has 0 aliphatic heterocycles. The van der Waals surface area contributed by atoms with Gasteiger partial charge in [0.15, 0.2) is 0 Å². The van der Waals surface area contributed by atoms with Crippen LogP contribution in [0.25, 0.3) is 10.9 Å². The van der Waals surface area contributed by atoms with Crippen molar-refractivity contribution in [2.24, 2.45) is 5.73 Å². The van der Waals surface area contributed by atoms with Crippen molar-refractivity contribution in [3.63, 3.8) is 0 Å². The molecule has 1 aromatic heterocycles. The lowest BCUT2D eigenvalue weighted by atomic mass is 10.0. The molecule has 0 saturated carbocycles. The molecular formula is C12H14N2. The summed E-state index contributed by atoms with van der Waals surface area (Å²) >= 11 is 0. The maximum Gasteiger partial charge on any atom is 0.0457 e. The highest BCUT2D eigenvalue weighted by molar-refractivity contribution is 5.83. The summed E-state index contributed by atoms with van der Waals surface area (Å²) in [4.78, 5) is 3.21. The second-order valence-electron chi connectivity index (χ2n) is 3.42. The Morgan fingerprint density at radius 1 is 1.43 bits per heavy atom. The van der Waals surface area contributed by atoms with Gasteiger partial charge >= 0.3 is 0 Å². The van der Waals surface area contributed by atoms with Crippen LogP contribution in [-0.4, -0.2) is 4.98 Å². The first-order valence-corrected chi connectivity index (χ1v) is 4.75. The maximum absolute atomic E-state index is 6.02. The molecule has 0 saturated heterocycles. The summed E-state index contributed by atoms with van der Waals surface area (Å²) in [6.45, 7) is 3.70. The monoisotopic (exact) mass is 186 g/mol. The topological polar surface area (TPSA) is 41.8 Å². The van der Waals surface area contributed by atoms with E-state index in [9.17, 15) is 0 Å². The van der Waals surface area contributed by atoms with Crippen molar-refractivity contribution in [1.82, 2.24) is 4.98 Å². The molecule has 72 valence electrons. The summed E-state index contributed by atoms with van der Waals surface area (Å²) in [5, 5.41) is 1.21. The van der Waals surface area contributed by atoms with Gasteiger partial charge < -0.3 is 10.7 Å². The minimum absolute atomic E-state index is 0.0450. The van der Waals surface area contributed by atoms with Crippen LogP contribution in [0.1, 0.15) is 18.0 Å². The number of benzene rings is 1. The largest absolute Gasteiger partial charge is 0.361 e. The average molecular weight is 186 g/mol. The fourth-order valence-electron chi connectivity index (χ4n) is 1.71. The zero-order chi connectivity index (χ0) is 9.97. The summed E-state index contributed by atoms with van der Waals surface area (Å²) < 4.78 is 0. The molecule has 0 bridgehead atoms. The third-order valence-electron chi connectivity index (χ3n) is 2.44. The highest BCUT2D eigenvalue weighted by atomic mass is 14.7. The highest BCUT2D eigenvalue weighted by Crippen LogP contribution is 2.24. The summed E-state index contributed by atoms with van der Waals surface area (Å²) in [5.74, 6) is 0. The Kier molecular flexibility index (Phi) is 2.37. The van der Waals surface area contributed by atoms with Crippen molar-refractivity contribution in [2.45, 2.75) is 12.5 Å². The number of rotatable bonds is 3. The number of hydrogen-bond acceptors (Lipinski definition) is 1. The summed E-state index contributed by atoms with van der Waals surface area (Å²) in [6, 6.07) is 8.23. The van der Waals surface area contributed by atoms with E-state index >= 15 is 0 Å². The SMILES string of the molecule is C=CC[C@H](N)c1c[nH]c2ccccc12. The van der Waals surface area contributed by atoms with Crippen molar-refractivity contribution < 1.29 is 0 Å². The Bertz CT molecular complexity index is 442. The van der Waals surface area contributed by atoms with Crippen molar-refractivity contribution in [1.29, 1.82) is 0 Å². The molecule has 1 heterocycles. The Morgan fingerprint density at radius 2 is 2.21 bits per heavy atom. The molecule has 0 aliphatic rings. The number of aromatic nitrogens is 1. The zero-order valence-electron chi connectivity index (χ0n) is 8.03. The lowest BCUT2D eigenvalue weighted by molar-refractivity contribution is 0.748. The van der Waals surface area contributed by atoms with Crippen LogP contribution in [0.15, 0.2) is 43.1 Å². The third-order valence-corrected chi connectivity index (χ3v) is 2.44. The smallest absolute Gasteiger partial charge is 0.0457 e. The normalized spacial score (nSPS) is 12.9. The van der Waals surface area contributed by atoms with Gasteiger partial charge in [-0.05, 0) is 18.1 Å². The van der Waals surface area contributed by atoms with Crippen molar-refractivity contribution >= 4 is 10.9 Å². The van der Waals surface area contributed by atoms with Crippen molar-refractivity contribution in [2.75, 3.05) is 0 Å². The molecule has 1 aromatic carbocycles. The van der Waals surface area contributed by atoms with E-state index in [1.165, 1.54) is 10.9 Å². The van der Waals surface area contributed by atoms with E-state index in [2.05, 4.69) is 23.7 Å². The number of nitrogens with two attached hydrogens (primary N) is 1. The minimum atomic E-state index is 0.0450. The van der Waals surface area contributed by atoms with Crippen LogP contribution >= 0.6 is 0 Å². The number of nitrogens with one attached hydrogen (secondary N) is 1. The van der Waals surface area contributed by atoms with E-state index in [0.717, 1.165) is 11.9 Å². The molecule has 14 heavy (non-hydrogen) atoms. The molecule has 0 amide bonds. The predicted molar refractivity (Wildman–Crippen MR) is 60.0 cm³/mol. The van der Waals surface area contributed by atoms with Gasteiger partial charge in [-0.15, -0.1) is 6.58 Å². The lowest BCUT2D eigenvalue weighted by Gasteiger charge is -2.06. The van der Waals surface area contributed by atoms with Crippen LogP contribution in [0.3, 0.4) is 0 Å². The van der Waals surface area contributed by atoms with E-state index in [1.807, 2.05) is 24.4 Å². The van der Waals surface area contributed by atoms with Gasteiger partial charge in [0.2, 0.25) is 0 Å². The van der Waals surface area contributed by atoms with Crippen molar-refractivity contribution in [3.05, 3.63) is 48.7 Å². The van der Waals surface area contributed by atoms with Gasteiger partial charge in [-0.1, -0.05) is 24.3 Å². The zero-order valence-corrected chi connectivity index (χ0v) is 8.03. The van der Waals surface area contributed by atoms with Gasteiger partial charge in [-0.25, -0.2) is 0 Å². The maximum atomic E-state index is 6.02. The molecule has 1 atom stereocenters. The molecule has 0 spiro atoms. The fourth-order valence-corrected chi connectivity index (χ4v) is 1.71. The summed E-state index contributed by atoms with van der Waals surface area (Å²) in [6.07, 6.45) is 4.65. The molecule has 0 fully saturated rings. The highest BCUT2D eigenvalue weighted by Gasteiger charge is 2.09. The Hall–Kier alpha value is -1.54. The number of aromatic amines is 1. The molecule has 2 aromatic rings. The van der Waals surface area contributed by atoms with E-state index in [-0.39, 0.29) is 6.04 Å². The number of H-pyrrole nitrogens is 1. The predicted octanol–water partition coefficient (Wildman–Crippen LogP) is 2.74. The second kappa shape index (κ2) is 3.68. The van der Waals surface area contributed by atoms with Crippen LogP contribution in [0, 0.1) is 0 Å². The van der Waals surface area contributed by atoms with Crippen LogP contribution in [-0.2, 0) is 0 Å². The first kappa shape index (κ1) is 9.03. The lowest BCUT2D eigenvalue weighted by Crippen LogP contribution is -2.07. The molecule has 3 N–H and O–H groups in total. The molecule has 0 radical (unpaired) electrons. The fraction of sp³-hybridized carbons (Fsp3) is 0.167. The van der Waals surface area contributed by atoms with Crippen LogP contribution in [0.5, 0.6) is 0 Å². The molecule has 0 unspecified atom stereocenters. The van der Waals surface area contributed by atoms with E-state index in [1.54, 1.807) is 0 Å². The van der Waals surface area contributed by atoms with Crippen LogP contribution < -0.4 is 5.73 Å². The standard InChI is InChI=1S/C12H14N2/c1-2-5-11(13)10-8-14-12-7-4-3-6-9(10)12/h2-4,6-8,11,14H,1,5,13H2/t11-/m0/s1. The van der Waals surface area contributed by atoms with Gasteiger partial charge in [0.1, 0.15) is 0 Å². The van der Waals surface area contributed by atoms with Gasteiger partial charge in [-0.3, -0.25) is 0 Å². The van der Waals surface area contributed by atoms with E-state index in [0.29, 0.717) is 0 Å². The number of fused-ring (bicyclic) bond motifs is 1. The van der Waals surface area contributed by atoms with Gasteiger partial charge in [0, 0.05) is 23.1 Å². The first-order chi connectivity index (χ1) is 6.83. The summed E-state index contributed by atoms with van der Waals surface area (Å²) in [5.41, 5.74) is 8.33. The van der Waals surface area contributed by atoms with E-state index in [4.69, 9.17) is 5.73 Å². The Labute approximate surface area is 83.4 Å². The Balaban J connectivity index is 2.47. The number of para-hydroxylation sites is 1. The molecule has 2 rings (SSSR count). The molecule has 2 heteroatoms. The van der Waals surface area contributed by atoms with E-state index < -0.39 is 0 Å². The van der Waals surface area contributed by atoms with Crippen LogP contribution in [0.4, 0.5) is 0 Å². The van der Waals surface area contributed by atoms with Gasteiger partial charge in [0.05, 0.1) is 0 Å². The molecule has 0 aliphatic carbocycles. The second-order valence-corrected chi connectivity index (χ2v) is 3.42. The molecular weight excluding hydrogens is 172 g/mol. The average Bonchev–Trinajstić information content (AvgIpc) is 2.61. The van der Waals surface area contributed by atoms with Crippen LogP contribution in [0.2, 0.25) is 0 Å². The Morgan fingerprint density at radius 3 is 3.00 bits per heavy atom.